The van der Waals surface area contributed by atoms with Crippen LogP contribution in [-0.4, -0.2) is 0 Å². The molecule has 0 bridgehead atoms. The van der Waals surface area contributed by atoms with Crippen molar-refractivity contribution in [3.63, 3.8) is 0 Å². The van der Waals surface area contributed by atoms with E-state index in [2.05, 4.69) is 56.9 Å². The van der Waals surface area contributed by atoms with E-state index < -0.39 is 0 Å². The lowest BCUT2D eigenvalue weighted by Gasteiger charge is -2.04. The first kappa shape index (κ1) is 10.9. The summed E-state index contributed by atoms with van der Waals surface area (Å²) in [5.74, 6) is 0.508. The molecule has 0 nitrogen and oxygen atoms in total. The maximum atomic E-state index is 3.91. The van der Waals surface area contributed by atoms with Gasteiger partial charge in [0.25, 0.3) is 0 Å². The third-order valence-electron chi connectivity index (χ3n) is 3.08. The van der Waals surface area contributed by atoms with Crippen molar-refractivity contribution in [2.75, 3.05) is 0 Å². The largest absolute Gasteiger partial charge is 0.0988 e. The van der Waals surface area contributed by atoms with E-state index in [1.54, 1.807) is 0 Å². The molecule has 0 saturated heterocycles. The van der Waals surface area contributed by atoms with Gasteiger partial charge in [0.1, 0.15) is 0 Å². The van der Waals surface area contributed by atoms with Crippen molar-refractivity contribution in [1.82, 2.24) is 0 Å². The molecule has 0 heterocycles. The SMILES string of the molecule is C=CC1=C(/C=C\C)C2=CC(C)C=CC=C2C1. The first-order valence-electron chi connectivity index (χ1n) is 5.84. The highest BCUT2D eigenvalue weighted by Crippen LogP contribution is 2.39. The molecular formula is C16H18. The van der Waals surface area contributed by atoms with E-state index in [-0.39, 0.29) is 0 Å². The van der Waals surface area contributed by atoms with Crippen molar-refractivity contribution in [2.24, 2.45) is 5.92 Å². The van der Waals surface area contributed by atoms with Crippen LogP contribution in [0.1, 0.15) is 20.3 Å². The van der Waals surface area contributed by atoms with Crippen LogP contribution in [0.4, 0.5) is 0 Å². The molecular weight excluding hydrogens is 192 g/mol. The van der Waals surface area contributed by atoms with Crippen LogP contribution in [0.5, 0.6) is 0 Å². The number of fused-ring (bicyclic) bond motifs is 1. The van der Waals surface area contributed by atoms with Crippen LogP contribution in [0.3, 0.4) is 0 Å². The Hall–Kier alpha value is -1.56. The van der Waals surface area contributed by atoms with E-state index in [0.717, 1.165) is 6.42 Å². The van der Waals surface area contributed by atoms with Gasteiger partial charge in [-0.15, -0.1) is 0 Å². The van der Waals surface area contributed by atoms with Crippen LogP contribution in [0.2, 0.25) is 0 Å². The predicted octanol–water partition coefficient (Wildman–Crippen LogP) is 4.51. The van der Waals surface area contributed by atoms with Gasteiger partial charge in [0.2, 0.25) is 0 Å². The van der Waals surface area contributed by atoms with Gasteiger partial charge in [-0.2, -0.15) is 0 Å². The summed E-state index contributed by atoms with van der Waals surface area (Å²) in [4.78, 5) is 0. The Bertz CT molecular complexity index is 450. The fourth-order valence-electron chi connectivity index (χ4n) is 2.30. The summed E-state index contributed by atoms with van der Waals surface area (Å²) in [6.45, 7) is 8.20. The quantitative estimate of drug-likeness (QED) is 0.629. The van der Waals surface area contributed by atoms with Gasteiger partial charge >= 0.3 is 0 Å². The lowest BCUT2D eigenvalue weighted by atomic mass is 10.0. The highest BCUT2D eigenvalue weighted by Gasteiger charge is 2.21. The molecule has 82 valence electrons. The minimum absolute atomic E-state index is 0.508. The average Bonchev–Trinajstić information content (AvgIpc) is 2.48. The molecule has 1 atom stereocenters. The Kier molecular flexibility index (Phi) is 3.09. The smallest absolute Gasteiger partial charge is 0.00138 e. The minimum atomic E-state index is 0.508. The molecule has 0 aromatic carbocycles. The highest BCUT2D eigenvalue weighted by molar-refractivity contribution is 5.64. The van der Waals surface area contributed by atoms with Gasteiger partial charge in [-0.3, -0.25) is 0 Å². The van der Waals surface area contributed by atoms with Gasteiger partial charge in [0.15, 0.2) is 0 Å². The first-order chi connectivity index (χ1) is 7.76. The van der Waals surface area contributed by atoms with Gasteiger partial charge in [-0.05, 0) is 41.6 Å². The molecule has 0 spiro atoms. The standard InChI is InChI=1S/C16H18/c1-4-7-15-13(5-2)11-14-9-6-8-12(3)10-16(14)15/h4-10,12H,2,11H2,1,3H3/b7-4-. The molecule has 0 aromatic heterocycles. The summed E-state index contributed by atoms with van der Waals surface area (Å²) < 4.78 is 0. The van der Waals surface area contributed by atoms with Gasteiger partial charge in [0.05, 0.1) is 0 Å². The summed E-state index contributed by atoms with van der Waals surface area (Å²) in [7, 11) is 0. The second-order valence-corrected chi connectivity index (χ2v) is 4.34. The van der Waals surface area contributed by atoms with E-state index >= 15 is 0 Å². The van der Waals surface area contributed by atoms with Crippen molar-refractivity contribution < 1.29 is 0 Å². The van der Waals surface area contributed by atoms with Gasteiger partial charge < -0.3 is 0 Å². The molecule has 0 radical (unpaired) electrons. The monoisotopic (exact) mass is 210 g/mol. The predicted molar refractivity (Wildman–Crippen MR) is 71.1 cm³/mol. The van der Waals surface area contributed by atoms with Crippen LogP contribution >= 0.6 is 0 Å². The molecule has 2 rings (SSSR count). The third kappa shape index (κ3) is 1.88. The van der Waals surface area contributed by atoms with Crippen molar-refractivity contribution in [2.45, 2.75) is 20.3 Å². The number of hydrogen-bond donors (Lipinski definition) is 0. The van der Waals surface area contributed by atoms with Crippen LogP contribution in [0.25, 0.3) is 0 Å². The average molecular weight is 210 g/mol. The number of allylic oxidation sites excluding steroid dienone is 11. The summed E-state index contributed by atoms with van der Waals surface area (Å²) in [5, 5.41) is 0. The molecule has 0 amide bonds. The second kappa shape index (κ2) is 4.52. The Labute approximate surface area is 98.1 Å². The second-order valence-electron chi connectivity index (χ2n) is 4.34. The zero-order valence-electron chi connectivity index (χ0n) is 10.0. The third-order valence-corrected chi connectivity index (χ3v) is 3.08. The molecule has 0 saturated carbocycles. The molecule has 0 heteroatoms. The zero-order chi connectivity index (χ0) is 11.5. The molecule has 0 aliphatic heterocycles. The summed E-state index contributed by atoms with van der Waals surface area (Å²) in [6.07, 6.45) is 16.3. The van der Waals surface area contributed by atoms with Crippen LogP contribution < -0.4 is 0 Å². The van der Waals surface area contributed by atoms with Gasteiger partial charge in [-0.1, -0.05) is 56.0 Å². The maximum absolute atomic E-state index is 3.91. The molecule has 0 fully saturated rings. The normalized spacial score (nSPS) is 24.2. The lowest BCUT2D eigenvalue weighted by molar-refractivity contribution is 0.935. The fraction of sp³-hybridized carbons (Fsp3) is 0.250. The van der Waals surface area contributed by atoms with Crippen molar-refractivity contribution in [3.05, 3.63) is 71.4 Å². The molecule has 16 heavy (non-hydrogen) atoms. The topological polar surface area (TPSA) is 0 Å². The van der Waals surface area contributed by atoms with E-state index in [4.69, 9.17) is 0 Å². The van der Waals surface area contributed by atoms with Crippen LogP contribution in [-0.2, 0) is 0 Å². The van der Waals surface area contributed by atoms with Crippen LogP contribution in [0.15, 0.2) is 71.4 Å². The minimum Gasteiger partial charge on any atom is -0.0988 e. The zero-order valence-corrected chi connectivity index (χ0v) is 10.0. The van der Waals surface area contributed by atoms with E-state index in [0.29, 0.717) is 5.92 Å². The molecule has 2 aliphatic rings. The number of hydrogen-bond acceptors (Lipinski definition) is 0. The van der Waals surface area contributed by atoms with Crippen molar-refractivity contribution in [3.8, 4) is 0 Å². The van der Waals surface area contributed by atoms with E-state index in [1.165, 1.54) is 22.3 Å². The molecule has 1 unspecified atom stereocenters. The van der Waals surface area contributed by atoms with Gasteiger partial charge in [0, 0.05) is 0 Å². The lowest BCUT2D eigenvalue weighted by Crippen LogP contribution is -1.88. The summed E-state index contributed by atoms with van der Waals surface area (Å²) in [6, 6.07) is 0. The molecule has 2 aliphatic carbocycles. The van der Waals surface area contributed by atoms with Crippen molar-refractivity contribution >= 4 is 0 Å². The maximum Gasteiger partial charge on any atom is -0.00138 e. The number of rotatable bonds is 2. The molecule has 0 N–H and O–H groups in total. The highest BCUT2D eigenvalue weighted by atomic mass is 14.3. The Morgan fingerprint density at radius 2 is 2.25 bits per heavy atom. The van der Waals surface area contributed by atoms with Crippen molar-refractivity contribution in [1.29, 1.82) is 0 Å². The molecule has 0 aromatic rings. The summed E-state index contributed by atoms with van der Waals surface area (Å²) in [5.41, 5.74) is 5.51. The van der Waals surface area contributed by atoms with E-state index in [9.17, 15) is 0 Å². The Morgan fingerprint density at radius 1 is 1.44 bits per heavy atom. The van der Waals surface area contributed by atoms with E-state index in [1.807, 2.05) is 6.08 Å². The van der Waals surface area contributed by atoms with Gasteiger partial charge in [-0.25, -0.2) is 0 Å². The fourth-order valence-corrected chi connectivity index (χ4v) is 2.30. The summed E-state index contributed by atoms with van der Waals surface area (Å²) >= 11 is 0. The van der Waals surface area contributed by atoms with Crippen LogP contribution in [0, 0.1) is 5.92 Å². The Morgan fingerprint density at radius 3 is 2.94 bits per heavy atom. The first-order valence-corrected chi connectivity index (χ1v) is 5.84. The Balaban J connectivity index is 2.51.